The third-order valence-corrected chi connectivity index (χ3v) is 5.95. The van der Waals surface area contributed by atoms with E-state index in [9.17, 15) is 0 Å². The van der Waals surface area contributed by atoms with Crippen LogP contribution in [-0.4, -0.2) is 23.3 Å². The molecule has 0 spiro atoms. The highest BCUT2D eigenvalue weighted by atomic mass is 35.5. The summed E-state index contributed by atoms with van der Waals surface area (Å²) in [7, 11) is 0. The summed E-state index contributed by atoms with van der Waals surface area (Å²) < 4.78 is 0. The molecule has 3 aromatic rings. The third-order valence-electron chi connectivity index (χ3n) is 5.55. The highest BCUT2D eigenvalue weighted by Crippen LogP contribution is 2.33. The zero-order valence-electron chi connectivity index (χ0n) is 17.1. The molecular weight excluding hydrogens is 431 g/mol. The average molecular weight is 453 g/mol. The molecular formula is C23H22Cl2N6. The average Bonchev–Trinajstić information content (AvgIpc) is 2.79. The number of piperidine rings is 1. The van der Waals surface area contributed by atoms with E-state index in [1.54, 1.807) is 0 Å². The molecule has 1 fully saturated rings. The van der Waals surface area contributed by atoms with Crippen LogP contribution in [0.5, 0.6) is 0 Å². The number of nitriles is 1. The van der Waals surface area contributed by atoms with Gasteiger partial charge in [-0.15, -0.1) is 22.6 Å². The number of rotatable bonds is 4. The van der Waals surface area contributed by atoms with Crippen molar-refractivity contribution in [3.63, 3.8) is 0 Å². The number of aromatic nitrogens is 2. The Hall–Kier alpha value is -3.06. The number of fused-ring (bicyclic) bond motifs is 1. The van der Waals surface area contributed by atoms with Gasteiger partial charge in [-0.2, -0.15) is 5.26 Å². The van der Waals surface area contributed by atoms with Crippen molar-refractivity contribution in [2.24, 2.45) is 5.92 Å². The lowest BCUT2D eigenvalue weighted by Crippen LogP contribution is -2.34. The van der Waals surface area contributed by atoms with Gasteiger partial charge in [0.2, 0.25) is 0 Å². The van der Waals surface area contributed by atoms with Crippen LogP contribution in [0.3, 0.4) is 0 Å². The van der Waals surface area contributed by atoms with E-state index in [-0.39, 0.29) is 18.3 Å². The zero-order chi connectivity index (χ0) is 21.1. The lowest BCUT2D eigenvalue weighted by atomic mass is 9.98. The summed E-state index contributed by atoms with van der Waals surface area (Å²) >= 11 is 6.24. The molecule has 0 bridgehead atoms. The molecule has 1 aromatic heterocycles. The molecule has 1 saturated heterocycles. The number of nitrogens with one attached hydrogen (secondary N) is 1. The Kier molecular flexibility index (Phi) is 7.17. The van der Waals surface area contributed by atoms with E-state index in [0.29, 0.717) is 18.1 Å². The minimum atomic E-state index is 0. The standard InChI is InChI=1S/C23H21ClN6.ClH/c1-15-3-4-17(11-21(15)24)14-27-22-20-12-18(26-2)5-6-19(20)23(29-28-22)30-9-7-16(13-25)8-10-30;/h3-6,11-12,16H,7-10,14H2,1H3,(H,27,28);1H. The molecule has 31 heavy (non-hydrogen) atoms. The molecule has 1 aliphatic rings. The molecule has 0 saturated carbocycles. The minimum Gasteiger partial charge on any atom is -0.364 e. The van der Waals surface area contributed by atoms with Crippen LogP contribution in [0.1, 0.15) is 24.0 Å². The normalized spacial score (nSPS) is 13.9. The van der Waals surface area contributed by atoms with Crippen LogP contribution < -0.4 is 10.2 Å². The van der Waals surface area contributed by atoms with E-state index >= 15 is 0 Å². The minimum absolute atomic E-state index is 0. The Bertz CT molecular complexity index is 1170. The van der Waals surface area contributed by atoms with Gasteiger partial charge in [-0.05, 0) is 43.0 Å². The van der Waals surface area contributed by atoms with Crippen LogP contribution in [0.2, 0.25) is 5.02 Å². The SMILES string of the molecule is Cl.[C-]#[N+]c1ccc2c(N3CCC(C#N)CC3)nnc(NCc3ccc(C)c(Cl)c3)c2c1. The van der Waals surface area contributed by atoms with Crippen molar-refractivity contribution < 1.29 is 0 Å². The van der Waals surface area contributed by atoms with Crippen LogP contribution in [0.4, 0.5) is 17.3 Å². The fourth-order valence-corrected chi connectivity index (χ4v) is 3.92. The second-order valence-corrected chi connectivity index (χ2v) is 7.95. The molecule has 0 radical (unpaired) electrons. The van der Waals surface area contributed by atoms with Gasteiger partial charge in [0, 0.05) is 41.3 Å². The van der Waals surface area contributed by atoms with Gasteiger partial charge in [-0.25, -0.2) is 4.85 Å². The molecule has 0 unspecified atom stereocenters. The summed E-state index contributed by atoms with van der Waals surface area (Å²) in [5.41, 5.74) is 2.65. The molecule has 0 aliphatic carbocycles. The smallest absolute Gasteiger partial charge is 0.188 e. The van der Waals surface area contributed by atoms with E-state index in [0.717, 1.165) is 58.7 Å². The van der Waals surface area contributed by atoms with Gasteiger partial charge in [0.1, 0.15) is 0 Å². The molecule has 0 amide bonds. The van der Waals surface area contributed by atoms with Gasteiger partial charge < -0.3 is 10.2 Å². The van der Waals surface area contributed by atoms with Crippen molar-refractivity contribution in [3.8, 4) is 6.07 Å². The fraction of sp³-hybridized carbons (Fsp3) is 0.304. The Balaban J connectivity index is 0.00000272. The lowest BCUT2D eigenvalue weighted by Gasteiger charge is -2.30. The number of hydrogen-bond acceptors (Lipinski definition) is 5. The Morgan fingerprint density at radius 3 is 2.65 bits per heavy atom. The third kappa shape index (κ3) is 4.82. The highest BCUT2D eigenvalue weighted by molar-refractivity contribution is 6.31. The van der Waals surface area contributed by atoms with Gasteiger partial charge in [-0.1, -0.05) is 35.9 Å². The zero-order valence-corrected chi connectivity index (χ0v) is 18.7. The number of aryl methyl sites for hydroxylation is 1. The van der Waals surface area contributed by atoms with Crippen molar-refractivity contribution in [1.82, 2.24) is 10.2 Å². The van der Waals surface area contributed by atoms with Crippen LogP contribution in [0.15, 0.2) is 36.4 Å². The largest absolute Gasteiger partial charge is 0.364 e. The Labute approximate surface area is 193 Å². The first-order chi connectivity index (χ1) is 14.6. The van der Waals surface area contributed by atoms with Gasteiger partial charge in [-0.3, -0.25) is 0 Å². The lowest BCUT2D eigenvalue weighted by molar-refractivity contribution is 0.485. The first-order valence-electron chi connectivity index (χ1n) is 9.90. The number of nitrogens with zero attached hydrogens (tertiary/aromatic N) is 5. The summed E-state index contributed by atoms with van der Waals surface area (Å²) in [5.74, 6) is 1.56. The van der Waals surface area contributed by atoms with Crippen molar-refractivity contribution in [2.75, 3.05) is 23.3 Å². The van der Waals surface area contributed by atoms with Crippen molar-refractivity contribution in [3.05, 3.63) is 64.0 Å². The Morgan fingerprint density at radius 1 is 1.19 bits per heavy atom. The van der Waals surface area contributed by atoms with Gasteiger partial charge in [0.15, 0.2) is 17.3 Å². The first-order valence-corrected chi connectivity index (χ1v) is 10.3. The summed E-state index contributed by atoms with van der Waals surface area (Å²) in [6, 6.07) is 13.9. The van der Waals surface area contributed by atoms with Gasteiger partial charge in [0.25, 0.3) is 0 Å². The first kappa shape index (κ1) is 22.6. The van der Waals surface area contributed by atoms with Crippen molar-refractivity contribution >= 4 is 52.1 Å². The molecule has 2 heterocycles. The molecule has 158 valence electrons. The van der Waals surface area contributed by atoms with Gasteiger partial charge >= 0.3 is 0 Å². The number of halogens is 2. The van der Waals surface area contributed by atoms with Gasteiger partial charge in [0.05, 0.1) is 12.6 Å². The topological polar surface area (TPSA) is 69.2 Å². The maximum Gasteiger partial charge on any atom is 0.188 e. The highest BCUT2D eigenvalue weighted by Gasteiger charge is 2.22. The molecule has 2 aromatic carbocycles. The predicted molar refractivity (Wildman–Crippen MR) is 127 cm³/mol. The summed E-state index contributed by atoms with van der Waals surface area (Å²) in [6.07, 6.45) is 1.65. The fourth-order valence-electron chi connectivity index (χ4n) is 3.71. The summed E-state index contributed by atoms with van der Waals surface area (Å²) in [4.78, 5) is 5.76. The molecule has 8 heteroatoms. The molecule has 1 N–H and O–H groups in total. The van der Waals surface area contributed by atoms with Crippen LogP contribution in [0, 0.1) is 30.7 Å². The summed E-state index contributed by atoms with van der Waals surface area (Å²) in [5, 5.41) is 24.0. The van der Waals surface area contributed by atoms with E-state index in [2.05, 4.69) is 31.3 Å². The molecule has 1 aliphatic heterocycles. The number of benzene rings is 2. The Morgan fingerprint density at radius 2 is 1.97 bits per heavy atom. The van der Waals surface area contributed by atoms with E-state index in [1.807, 2.05) is 43.3 Å². The van der Waals surface area contributed by atoms with Crippen LogP contribution in [0.25, 0.3) is 15.6 Å². The van der Waals surface area contributed by atoms with Crippen LogP contribution >= 0.6 is 24.0 Å². The number of hydrogen-bond donors (Lipinski definition) is 1. The van der Waals surface area contributed by atoms with E-state index in [4.69, 9.17) is 23.4 Å². The monoisotopic (exact) mass is 452 g/mol. The van der Waals surface area contributed by atoms with Crippen molar-refractivity contribution in [1.29, 1.82) is 5.26 Å². The second-order valence-electron chi connectivity index (χ2n) is 7.54. The van der Waals surface area contributed by atoms with E-state index in [1.165, 1.54) is 0 Å². The molecule has 4 rings (SSSR count). The van der Waals surface area contributed by atoms with Crippen LogP contribution in [-0.2, 0) is 6.54 Å². The molecule has 6 nitrogen and oxygen atoms in total. The summed E-state index contributed by atoms with van der Waals surface area (Å²) in [6.45, 7) is 11.5. The maximum atomic E-state index is 9.16. The number of anilines is 2. The van der Waals surface area contributed by atoms with Crippen molar-refractivity contribution in [2.45, 2.75) is 26.3 Å². The second kappa shape index (κ2) is 9.83. The molecule has 0 atom stereocenters. The van der Waals surface area contributed by atoms with E-state index < -0.39 is 0 Å². The predicted octanol–water partition coefficient (Wildman–Crippen LogP) is 5.92. The maximum absolute atomic E-state index is 9.16. The quantitative estimate of drug-likeness (QED) is 0.497.